The third-order valence-electron chi connectivity index (χ3n) is 3.03. The fourth-order valence-corrected chi connectivity index (χ4v) is 2.84. The average Bonchev–Trinajstić information content (AvgIpc) is 2.50. The summed E-state index contributed by atoms with van der Waals surface area (Å²) in [4.78, 5) is 1.25. The SMILES string of the molecule is Cc1ccsc1C(N)C1(CN)COC1. The minimum atomic E-state index is -0.0182. The largest absolute Gasteiger partial charge is 0.380 e. The van der Waals surface area contributed by atoms with Crippen molar-refractivity contribution in [2.75, 3.05) is 19.8 Å². The summed E-state index contributed by atoms with van der Waals surface area (Å²) in [5, 5.41) is 2.08. The Labute approximate surface area is 88.0 Å². The molecule has 1 atom stereocenters. The Hall–Kier alpha value is -0.420. The molecule has 4 N–H and O–H groups in total. The monoisotopic (exact) mass is 212 g/mol. The smallest absolute Gasteiger partial charge is 0.0575 e. The minimum absolute atomic E-state index is 0.0182. The van der Waals surface area contributed by atoms with Crippen LogP contribution < -0.4 is 11.5 Å². The lowest BCUT2D eigenvalue weighted by atomic mass is 9.77. The molecular formula is C10H16N2OS. The molecule has 1 aromatic rings. The zero-order chi connectivity index (χ0) is 10.2. The first-order valence-electron chi connectivity index (χ1n) is 4.77. The molecule has 0 bridgehead atoms. The Bertz CT molecular complexity index is 314. The molecule has 14 heavy (non-hydrogen) atoms. The number of aryl methyl sites for hydroxylation is 1. The van der Waals surface area contributed by atoms with E-state index in [9.17, 15) is 0 Å². The second-order valence-corrected chi connectivity index (χ2v) is 4.95. The number of hydrogen-bond acceptors (Lipinski definition) is 4. The van der Waals surface area contributed by atoms with Crippen molar-refractivity contribution in [2.24, 2.45) is 16.9 Å². The van der Waals surface area contributed by atoms with E-state index in [1.54, 1.807) is 11.3 Å². The highest BCUT2D eigenvalue weighted by Crippen LogP contribution is 2.40. The fraction of sp³-hybridized carbons (Fsp3) is 0.600. The van der Waals surface area contributed by atoms with Crippen molar-refractivity contribution in [3.8, 4) is 0 Å². The molecule has 4 heteroatoms. The number of nitrogens with two attached hydrogens (primary N) is 2. The maximum atomic E-state index is 6.24. The standard InChI is InChI=1S/C10H16N2OS/c1-7-2-3-14-8(7)9(12)10(4-11)5-13-6-10/h2-3,9H,4-6,11-12H2,1H3. The molecule has 1 fully saturated rings. The molecule has 1 saturated heterocycles. The van der Waals surface area contributed by atoms with Crippen molar-refractivity contribution in [3.05, 3.63) is 21.9 Å². The summed E-state index contributed by atoms with van der Waals surface area (Å²) in [5.74, 6) is 0. The van der Waals surface area contributed by atoms with Gasteiger partial charge >= 0.3 is 0 Å². The van der Waals surface area contributed by atoms with Crippen LogP contribution in [0, 0.1) is 12.3 Å². The van der Waals surface area contributed by atoms with Crippen LogP contribution in [0.3, 0.4) is 0 Å². The van der Waals surface area contributed by atoms with E-state index in [1.165, 1.54) is 10.4 Å². The number of rotatable bonds is 3. The molecule has 1 aliphatic heterocycles. The molecule has 3 nitrogen and oxygen atoms in total. The molecule has 2 heterocycles. The maximum absolute atomic E-state index is 6.24. The van der Waals surface area contributed by atoms with Crippen molar-refractivity contribution in [2.45, 2.75) is 13.0 Å². The van der Waals surface area contributed by atoms with E-state index < -0.39 is 0 Å². The van der Waals surface area contributed by atoms with Crippen LogP contribution in [0.25, 0.3) is 0 Å². The van der Waals surface area contributed by atoms with Gasteiger partial charge in [-0.05, 0) is 23.9 Å². The second-order valence-electron chi connectivity index (χ2n) is 4.00. The van der Waals surface area contributed by atoms with E-state index in [0.717, 1.165) is 0 Å². The van der Waals surface area contributed by atoms with Crippen LogP contribution in [0.1, 0.15) is 16.5 Å². The molecule has 1 unspecified atom stereocenters. The van der Waals surface area contributed by atoms with Crippen LogP contribution >= 0.6 is 11.3 Å². The minimum Gasteiger partial charge on any atom is -0.380 e. The lowest BCUT2D eigenvalue weighted by molar-refractivity contribution is -0.121. The van der Waals surface area contributed by atoms with Gasteiger partial charge in [-0.3, -0.25) is 0 Å². The van der Waals surface area contributed by atoms with E-state index in [0.29, 0.717) is 19.8 Å². The number of ether oxygens (including phenoxy) is 1. The molecule has 1 aliphatic rings. The van der Waals surface area contributed by atoms with E-state index in [1.807, 2.05) is 0 Å². The van der Waals surface area contributed by atoms with E-state index in [-0.39, 0.29) is 11.5 Å². The van der Waals surface area contributed by atoms with Gasteiger partial charge in [-0.25, -0.2) is 0 Å². The topological polar surface area (TPSA) is 61.3 Å². The van der Waals surface area contributed by atoms with Crippen molar-refractivity contribution in [1.82, 2.24) is 0 Å². The summed E-state index contributed by atoms with van der Waals surface area (Å²) in [7, 11) is 0. The zero-order valence-corrected chi connectivity index (χ0v) is 9.14. The lowest BCUT2D eigenvalue weighted by Gasteiger charge is -2.44. The summed E-state index contributed by atoms with van der Waals surface area (Å²) < 4.78 is 5.23. The molecule has 0 radical (unpaired) electrons. The zero-order valence-electron chi connectivity index (χ0n) is 8.32. The highest BCUT2D eigenvalue weighted by Gasteiger charge is 2.44. The Morgan fingerprint density at radius 3 is 2.71 bits per heavy atom. The van der Waals surface area contributed by atoms with Gasteiger partial charge in [0.15, 0.2) is 0 Å². The van der Waals surface area contributed by atoms with Crippen LogP contribution in [0.15, 0.2) is 11.4 Å². The molecule has 78 valence electrons. The predicted molar refractivity (Wildman–Crippen MR) is 58.3 cm³/mol. The summed E-state index contributed by atoms with van der Waals surface area (Å²) in [6, 6.07) is 2.13. The van der Waals surface area contributed by atoms with Gasteiger partial charge in [-0.2, -0.15) is 0 Å². The van der Waals surface area contributed by atoms with E-state index in [2.05, 4.69) is 18.4 Å². The van der Waals surface area contributed by atoms with Crippen molar-refractivity contribution in [1.29, 1.82) is 0 Å². The van der Waals surface area contributed by atoms with Crippen molar-refractivity contribution in [3.63, 3.8) is 0 Å². The first-order chi connectivity index (χ1) is 6.69. The van der Waals surface area contributed by atoms with Crippen LogP contribution in [0.5, 0.6) is 0 Å². The first kappa shape index (κ1) is 10.1. The van der Waals surface area contributed by atoms with Crippen LogP contribution in [0.4, 0.5) is 0 Å². The third kappa shape index (κ3) is 1.39. The highest BCUT2D eigenvalue weighted by molar-refractivity contribution is 7.10. The number of thiophene rings is 1. The summed E-state index contributed by atoms with van der Waals surface area (Å²) >= 11 is 1.71. The molecule has 0 saturated carbocycles. The Morgan fingerprint density at radius 2 is 2.36 bits per heavy atom. The van der Waals surface area contributed by atoms with Crippen LogP contribution in [-0.2, 0) is 4.74 Å². The highest BCUT2D eigenvalue weighted by atomic mass is 32.1. The molecule has 0 spiro atoms. The van der Waals surface area contributed by atoms with Crippen molar-refractivity contribution >= 4 is 11.3 Å². The quantitative estimate of drug-likeness (QED) is 0.786. The molecule has 0 amide bonds. The Kier molecular flexibility index (Phi) is 2.62. The van der Waals surface area contributed by atoms with Gasteiger partial charge in [0, 0.05) is 16.8 Å². The summed E-state index contributed by atoms with van der Waals surface area (Å²) in [6.45, 7) is 4.09. The van der Waals surface area contributed by atoms with Gasteiger partial charge in [0.1, 0.15) is 0 Å². The van der Waals surface area contributed by atoms with Gasteiger partial charge in [0.25, 0.3) is 0 Å². The third-order valence-corrected chi connectivity index (χ3v) is 4.13. The van der Waals surface area contributed by atoms with E-state index >= 15 is 0 Å². The Morgan fingerprint density at radius 1 is 1.64 bits per heavy atom. The van der Waals surface area contributed by atoms with E-state index in [4.69, 9.17) is 16.2 Å². The molecule has 0 aliphatic carbocycles. The van der Waals surface area contributed by atoms with Gasteiger partial charge in [0.05, 0.1) is 19.3 Å². The van der Waals surface area contributed by atoms with Crippen molar-refractivity contribution < 1.29 is 4.74 Å². The predicted octanol–water partition coefficient (Wildman–Crippen LogP) is 1.03. The van der Waals surface area contributed by atoms with Gasteiger partial charge < -0.3 is 16.2 Å². The molecular weight excluding hydrogens is 196 g/mol. The Balaban J connectivity index is 2.22. The van der Waals surface area contributed by atoms with Gasteiger partial charge in [-0.1, -0.05) is 0 Å². The second kappa shape index (κ2) is 3.62. The molecule has 1 aromatic heterocycles. The first-order valence-corrected chi connectivity index (χ1v) is 5.65. The van der Waals surface area contributed by atoms with Gasteiger partial charge in [0.2, 0.25) is 0 Å². The molecule has 2 rings (SSSR count). The molecule has 0 aromatic carbocycles. The number of hydrogen-bond donors (Lipinski definition) is 2. The lowest BCUT2D eigenvalue weighted by Crippen LogP contribution is -2.54. The van der Waals surface area contributed by atoms with Crippen LogP contribution in [0.2, 0.25) is 0 Å². The summed E-state index contributed by atoms with van der Waals surface area (Å²) in [5.41, 5.74) is 13.3. The van der Waals surface area contributed by atoms with Gasteiger partial charge in [-0.15, -0.1) is 11.3 Å². The maximum Gasteiger partial charge on any atom is 0.0575 e. The summed E-state index contributed by atoms with van der Waals surface area (Å²) in [6.07, 6.45) is 0. The fourth-order valence-electron chi connectivity index (χ4n) is 1.77. The average molecular weight is 212 g/mol. The van der Waals surface area contributed by atoms with Crippen LogP contribution in [-0.4, -0.2) is 19.8 Å². The normalized spacial score (nSPS) is 21.6.